The van der Waals surface area contributed by atoms with Crippen LogP contribution in [0.3, 0.4) is 0 Å². The first-order chi connectivity index (χ1) is 10.3. The third-order valence-corrected chi connectivity index (χ3v) is 4.17. The fourth-order valence-electron chi connectivity index (χ4n) is 2.83. The quantitative estimate of drug-likeness (QED) is 0.669. The van der Waals surface area contributed by atoms with Gasteiger partial charge in [0.1, 0.15) is 0 Å². The fraction of sp³-hybridized carbons (Fsp3) is 0.647. The summed E-state index contributed by atoms with van der Waals surface area (Å²) in [6.07, 6.45) is 1.06. The number of rotatable bonds is 10. The highest BCUT2D eigenvalue weighted by atomic mass is 16.5. The molecule has 1 aromatic rings. The molecule has 1 N–H and O–H groups in total. The number of aryl methyl sites for hydroxylation is 1. The van der Waals surface area contributed by atoms with Crippen LogP contribution in [0.4, 0.5) is 0 Å². The monoisotopic (exact) mass is 293 g/mol. The van der Waals surface area contributed by atoms with Crippen LogP contribution in [0.1, 0.15) is 17.5 Å². The van der Waals surface area contributed by atoms with E-state index in [1.54, 1.807) is 7.11 Å². The van der Waals surface area contributed by atoms with Gasteiger partial charge in [-0.2, -0.15) is 0 Å². The van der Waals surface area contributed by atoms with Gasteiger partial charge in [0.2, 0.25) is 0 Å². The molecule has 0 aliphatic carbocycles. The van der Waals surface area contributed by atoms with E-state index in [-0.39, 0.29) is 5.41 Å². The highest BCUT2D eigenvalue weighted by molar-refractivity contribution is 5.36. The zero-order chi connectivity index (χ0) is 15.0. The summed E-state index contributed by atoms with van der Waals surface area (Å²) >= 11 is 0. The topological polar surface area (TPSA) is 39.7 Å². The molecule has 0 bridgehead atoms. The van der Waals surface area contributed by atoms with Gasteiger partial charge in [0.15, 0.2) is 0 Å². The molecule has 0 amide bonds. The van der Waals surface area contributed by atoms with Crippen molar-refractivity contribution in [1.82, 2.24) is 5.32 Å². The van der Waals surface area contributed by atoms with Crippen LogP contribution in [-0.4, -0.2) is 53.2 Å². The summed E-state index contributed by atoms with van der Waals surface area (Å²) in [7, 11) is 1.68. The van der Waals surface area contributed by atoms with Gasteiger partial charge >= 0.3 is 0 Å². The van der Waals surface area contributed by atoms with Crippen molar-refractivity contribution in [1.29, 1.82) is 0 Å². The van der Waals surface area contributed by atoms with Crippen molar-refractivity contribution in [3.8, 4) is 0 Å². The number of benzene rings is 1. The highest BCUT2D eigenvalue weighted by Gasteiger charge is 2.38. The maximum absolute atomic E-state index is 5.71. The Morgan fingerprint density at radius 3 is 2.29 bits per heavy atom. The van der Waals surface area contributed by atoms with Crippen LogP contribution >= 0.6 is 0 Å². The normalized spacial score (nSPS) is 16.7. The van der Waals surface area contributed by atoms with Gasteiger partial charge in [-0.15, -0.1) is 0 Å². The molecule has 0 saturated carbocycles. The SMILES string of the molecule is COCCOCCOCCC1(c2ccccc2C)CNC1. The second kappa shape index (κ2) is 8.49. The summed E-state index contributed by atoms with van der Waals surface area (Å²) < 4.78 is 16.0. The van der Waals surface area contributed by atoms with Crippen LogP contribution in [0.5, 0.6) is 0 Å². The van der Waals surface area contributed by atoms with Gasteiger partial charge < -0.3 is 19.5 Å². The lowest BCUT2D eigenvalue weighted by Crippen LogP contribution is -2.57. The minimum Gasteiger partial charge on any atom is -0.382 e. The van der Waals surface area contributed by atoms with Crippen LogP contribution in [-0.2, 0) is 19.6 Å². The van der Waals surface area contributed by atoms with Crippen molar-refractivity contribution in [2.75, 3.05) is 53.2 Å². The molecule has 0 unspecified atom stereocenters. The summed E-state index contributed by atoms with van der Waals surface area (Å²) in [6.45, 7) is 7.64. The Hall–Kier alpha value is -0.940. The maximum Gasteiger partial charge on any atom is 0.0701 e. The van der Waals surface area contributed by atoms with Gasteiger partial charge in [-0.05, 0) is 24.5 Å². The molecule has 0 radical (unpaired) electrons. The smallest absolute Gasteiger partial charge is 0.0701 e. The molecule has 1 fully saturated rings. The predicted octanol–water partition coefficient (Wildman–Crippen LogP) is 1.91. The Labute approximate surface area is 127 Å². The summed E-state index contributed by atoms with van der Waals surface area (Å²) in [5, 5.41) is 3.41. The van der Waals surface area contributed by atoms with E-state index < -0.39 is 0 Å². The maximum atomic E-state index is 5.71. The van der Waals surface area contributed by atoms with Crippen molar-refractivity contribution < 1.29 is 14.2 Å². The van der Waals surface area contributed by atoms with Crippen LogP contribution < -0.4 is 5.32 Å². The van der Waals surface area contributed by atoms with E-state index in [9.17, 15) is 0 Å². The van der Waals surface area contributed by atoms with E-state index in [2.05, 4.69) is 36.5 Å². The summed E-state index contributed by atoms with van der Waals surface area (Å²) in [5.74, 6) is 0. The molecule has 0 aromatic heterocycles. The molecular formula is C17H27NO3. The standard InChI is InChI=1S/C17H27NO3/c1-15-5-3-4-6-16(15)17(13-18-14-17)7-8-20-11-12-21-10-9-19-2/h3-6,18H,7-14H2,1-2H3. The summed E-state index contributed by atoms with van der Waals surface area (Å²) in [5.41, 5.74) is 3.09. The van der Waals surface area contributed by atoms with E-state index >= 15 is 0 Å². The molecular weight excluding hydrogens is 266 g/mol. The lowest BCUT2D eigenvalue weighted by Gasteiger charge is -2.44. The van der Waals surface area contributed by atoms with Gasteiger partial charge in [0, 0.05) is 32.2 Å². The lowest BCUT2D eigenvalue weighted by atomic mass is 9.71. The number of ether oxygens (including phenoxy) is 3. The van der Waals surface area contributed by atoms with Gasteiger partial charge in [0.25, 0.3) is 0 Å². The average molecular weight is 293 g/mol. The Balaban J connectivity index is 1.70. The van der Waals surface area contributed by atoms with E-state index in [1.807, 2.05) is 0 Å². The third-order valence-electron chi connectivity index (χ3n) is 4.17. The zero-order valence-corrected chi connectivity index (χ0v) is 13.2. The third kappa shape index (κ3) is 4.51. The molecule has 2 rings (SSSR count). The zero-order valence-electron chi connectivity index (χ0n) is 13.2. The van der Waals surface area contributed by atoms with Gasteiger partial charge in [-0.1, -0.05) is 24.3 Å². The van der Waals surface area contributed by atoms with E-state index in [1.165, 1.54) is 11.1 Å². The van der Waals surface area contributed by atoms with Crippen LogP contribution in [0, 0.1) is 6.92 Å². The molecule has 1 heterocycles. The second-order valence-corrected chi connectivity index (χ2v) is 5.67. The molecule has 4 heteroatoms. The summed E-state index contributed by atoms with van der Waals surface area (Å²) in [4.78, 5) is 0. The number of hydrogen-bond acceptors (Lipinski definition) is 4. The van der Waals surface area contributed by atoms with E-state index in [0.29, 0.717) is 26.4 Å². The molecule has 1 aliphatic rings. The first-order valence-electron chi connectivity index (χ1n) is 7.70. The number of methoxy groups -OCH3 is 1. The molecule has 1 aliphatic heterocycles. The van der Waals surface area contributed by atoms with Gasteiger partial charge in [-0.25, -0.2) is 0 Å². The molecule has 21 heavy (non-hydrogen) atoms. The minimum absolute atomic E-state index is 0.252. The van der Waals surface area contributed by atoms with Gasteiger partial charge in [-0.3, -0.25) is 0 Å². The molecule has 1 aromatic carbocycles. The largest absolute Gasteiger partial charge is 0.382 e. The Morgan fingerprint density at radius 2 is 1.67 bits per heavy atom. The van der Waals surface area contributed by atoms with Crippen molar-refractivity contribution in [3.63, 3.8) is 0 Å². The molecule has 0 atom stereocenters. The average Bonchev–Trinajstić information content (AvgIpc) is 2.45. The minimum atomic E-state index is 0.252. The first-order valence-corrected chi connectivity index (χ1v) is 7.70. The van der Waals surface area contributed by atoms with Crippen LogP contribution in [0.15, 0.2) is 24.3 Å². The Kier molecular flexibility index (Phi) is 6.64. The second-order valence-electron chi connectivity index (χ2n) is 5.67. The number of nitrogens with one attached hydrogen (secondary N) is 1. The highest BCUT2D eigenvalue weighted by Crippen LogP contribution is 2.34. The molecule has 118 valence electrons. The summed E-state index contributed by atoms with van der Waals surface area (Å²) in [6, 6.07) is 8.68. The van der Waals surface area contributed by atoms with Crippen molar-refractivity contribution in [3.05, 3.63) is 35.4 Å². The van der Waals surface area contributed by atoms with E-state index in [4.69, 9.17) is 14.2 Å². The molecule has 0 spiro atoms. The lowest BCUT2D eigenvalue weighted by molar-refractivity contribution is 0.0182. The Bertz CT molecular complexity index is 418. The van der Waals surface area contributed by atoms with Crippen molar-refractivity contribution in [2.24, 2.45) is 0 Å². The molecule has 1 saturated heterocycles. The number of hydrogen-bond donors (Lipinski definition) is 1. The first kappa shape index (κ1) is 16.4. The fourth-order valence-corrected chi connectivity index (χ4v) is 2.83. The van der Waals surface area contributed by atoms with Gasteiger partial charge in [0.05, 0.1) is 26.4 Å². The van der Waals surface area contributed by atoms with Crippen LogP contribution in [0.25, 0.3) is 0 Å². The van der Waals surface area contributed by atoms with Crippen molar-refractivity contribution >= 4 is 0 Å². The predicted molar refractivity (Wildman–Crippen MR) is 83.9 cm³/mol. The molecule has 4 nitrogen and oxygen atoms in total. The Morgan fingerprint density at radius 1 is 1.00 bits per heavy atom. The van der Waals surface area contributed by atoms with E-state index in [0.717, 1.165) is 26.1 Å². The van der Waals surface area contributed by atoms with Crippen LogP contribution in [0.2, 0.25) is 0 Å². The van der Waals surface area contributed by atoms with Crippen molar-refractivity contribution in [2.45, 2.75) is 18.8 Å².